The van der Waals surface area contributed by atoms with Crippen LogP contribution in [0.15, 0.2) is 30.3 Å². The van der Waals surface area contributed by atoms with Gasteiger partial charge in [0.2, 0.25) is 5.91 Å². The van der Waals surface area contributed by atoms with Gasteiger partial charge in [0.15, 0.2) is 6.61 Å². The fraction of sp³-hybridized carbons (Fsp3) is 0.478. The second-order valence-corrected chi connectivity index (χ2v) is 8.30. The Hall–Kier alpha value is -3.16. The van der Waals surface area contributed by atoms with Crippen molar-refractivity contribution in [2.75, 3.05) is 49.1 Å². The third-order valence-electron chi connectivity index (χ3n) is 5.69. The maximum atomic E-state index is 12.8. The van der Waals surface area contributed by atoms with E-state index in [9.17, 15) is 9.59 Å². The van der Waals surface area contributed by atoms with E-state index in [1.807, 2.05) is 42.2 Å². The Morgan fingerprint density at radius 1 is 1.13 bits per heavy atom. The summed E-state index contributed by atoms with van der Waals surface area (Å²) in [5, 5.41) is 0. The van der Waals surface area contributed by atoms with E-state index in [2.05, 4.69) is 23.7 Å². The molecule has 1 saturated heterocycles. The number of aryl methyl sites for hydroxylation is 1. The van der Waals surface area contributed by atoms with Crippen molar-refractivity contribution in [3.05, 3.63) is 41.9 Å². The highest BCUT2D eigenvalue weighted by molar-refractivity contribution is 5.98. The lowest BCUT2D eigenvalue weighted by Gasteiger charge is -2.36. The van der Waals surface area contributed by atoms with Crippen LogP contribution in [0.3, 0.4) is 0 Å². The number of nitrogens with zero attached hydrogens (tertiary/aromatic N) is 5. The predicted octanol–water partition coefficient (Wildman–Crippen LogP) is 2.37. The van der Waals surface area contributed by atoms with Gasteiger partial charge in [0, 0.05) is 56.8 Å². The normalized spacial score (nSPS) is 16.4. The van der Waals surface area contributed by atoms with E-state index in [0.29, 0.717) is 31.8 Å². The van der Waals surface area contributed by atoms with Gasteiger partial charge < -0.3 is 19.4 Å². The second-order valence-electron chi connectivity index (χ2n) is 8.30. The third kappa shape index (κ3) is 4.62. The molecule has 0 atom stereocenters. The lowest BCUT2D eigenvalue weighted by molar-refractivity contribution is -0.131. The Morgan fingerprint density at radius 3 is 2.61 bits per heavy atom. The van der Waals surface area contributed by atoms with Gasteiger partial charge in [-0.25, -0.2) is 9.97 Å². The number of carbonyl (C=O) groups excluding carboxylic acids is 2. The van der Waals surface area contributed by atoms with E-state index in [1.165, 1.54) is 0 Å². The maximum absolute atomic E-state index is 12.8. The molecule has 2 aromatic rings. The quantitative estimate of drug-likeness (QED) is 0.735. The summed E-state index contributed by atoms with van der Waals surface area (Å²) in [5.41, 5.74) is 1.69. The summed E-state index contributed by atoms with van der Waals surface area (Å²) in [6.07, 6.45) is 0.296. The van der Waals surface area contributed by atoms with Crippen molar-refractivity contribution >= 4 is 23.3 Å². The molecule has 8 heteroatoms. The summed E-state index contributed by atoms with van der Waals surface area (Å²) in [6, 6.07) is 9.44. The Labute approximate surface area is 182 Å². The van der Waals surface area contributed by atoms with Crippen molar-refractivity contribution in [2.24, 2.45) is 0 Å². The van der Waals surface area contributed by atoms with E-state index in [0.717, 1.165) is 36.1 Å². The van der Waals surface area contributed by atoms with Crippen LogP contribution in [0.25, 0.3) is 0 Å². The molecule has 1 aromatic carbocycles. The fourth-order valence-electron chi connectivity index (χ4n) is 3.94. The average Bonchev–Trinajstić information content (AvgIpc) is 2.78. The lowest BCUT2D eigenvalue weighted by Crippen LogP contribution is -2.50. The molecule has 0 bridgehead atoms. The molecule has 1 fully saturated rings. The highest BCUT2D eigenvalue weighted by Gasteiger charge is 2.27. The molecule has 0 aliphatic carbocycles. The Balaban J connectivity index is 1.34. The number of ether oxygens (including phenoxy) is 1. The molecule has 0 spiro atoms. The number of anilines is 2. The van der Waals surface area contributed by atoms with Crippen LogP contribution in [0.4, 0.5) is 11.5 Å². The summed E-state index contributed by atoms with van der Waals surface area (Å²) >= 11 is 0. The van der Waals surface area contributed by atoms with E-state index in [1.54, 1.807) is 4.90 Å². The Kier molecular flexibility index (Phi) is 6.06. The van der Waals surface area contributed by atoms with Crippen LogP contribution in [0, 0.1) is 6.92 Å². The number of hydrogen-bond acceptors (Lipinski definition) is 6. The van der Waals surface area contributed by atoms with E-state index >= 15 is 0 Å². The third-order valence-corrected chi connectivity index (χ3v) is 5.69. The molecule has 3 heterocycles. The zero-order chi connectivity index (χ0) is 22.0. The van der Waals surface area contributed by atoms with Gasteiger partial charge in [0.1, 0.15) is 17.4 Å². The van der Waals surface area contributed by atoms with Gasteiger partial charge >= 0.3 is 0 Å². The van der Waals surface area contributed by atoms with Gasteiger partial charge in [-0.05, 0) is 19.1 Å². The zero-order valence-corrected chi connectivity index (χ0v) is 18.4. The summed E-state index contributed by atoms with van der Waals surface area (Å²) in [6.45, 7) is 9.31. The van der Waals surface area contributed by atoms with E-state index in [4.69, 9.17) is 9.72 Å². The van der Waals surface area contributed by atoms with Gasteiger partial charge in [-0.15, -0.1) is 0 Å². The molecule has 8 nitrogen and oxygen atoms in total. The smallest absolute Gasteiger partial charge is 0.265 e. The van der Waals surface area contributed by atoms with Crippen molar-refractivity contribution in [3.63, 3.8) is 0 Å². The fourth-order valence-corrected chi connectivity index (χ4v) is 3.94. The molecule has 0 radical (unpaired) electrons. The van der Waals surface area contributed by atoms with E-state index < -0.39 is 0 Å². The number of rotatable bonds is 5. The number of fused-ring (bicyclic) bond motifs is 1. The SMILES string of the molecule is Cc1cc(N2CCN(C(=O)CCN3C(=O)COc4ccccc43)CC2)nc(C(C)C)n1. The monoisotopic (exact) mass is 423 g/mol. The topological polar surface area (TPSA) is 78.9 Å². The minimum absolute atomic E-state index is 0.0145. The van der Waals surface area contributed by atoms with Gasteiger partial charge in [-0.2, -0.15) is 0 Å². The molecule has 2 amide bonds. The molecule has 0 N–H and O–H groups in total. The van der Waals surface area contributed by atoms with Crippen LogP contribution < -0.4 is 14.5 Å². The number of hydrogen-bond donors (Lipinski definition) is 0. The number of aromatic nitrogens is 2. The van der Waals surface area contributed by atoms with Crippen LogP contribution in [0.2, 0.25) is 0 Å². The number of carbonyl (C=O) groups is 2. The Bertz CT molecular complexity index is 969. The Morgan fingerprint density at radius 2 is 1.87 bits per heavy atom. The van der Waals surface area contributed by atoms with Gasteiger partial charge in [0.25, 0.3) is 5.91 Å². The summed E-state index contributed by atoms with van der Waals surface area (Å²) < 4.78 is 5.47. The zero-order valence-electron chi connectivity index (χ0n) is 18.4. The molecule has 2 aliphatic heterocycles. The van der Waals surface area contributed by atoms with Crippen molar-refractivity contribution in [2.45, 2.75) is 33.1 Å². The molecule has 1 aromatic heterocycles. The van der Waals surface area contributed by atoms with Crippen molar-refractivity contribution in [1.29, 1.82) is 0 Å². The summed E-state index contributed by atoms with van der Waals surface area (Å²) in [4.78, 5) is 40.1. The first-order valence-electron chi connectivity index (χ1n) is 10.8. The van der Waals surface area contributed by atoms with Crippen molar-refractivity contribution in [1.82, 2.24) is 14.9 Å². The van der Waals surface area contributed by atoms with Gasteiger partial charge in [0.05, 0.1) is 5.69 Å². The molecule has 4 rings (SSSR count). The maximum Gasteiger partial charge on any atom is 0.265 e. The number of amides is 2. The summed E-state index contributed by atoms with van der Waals surface area (Å²) in [7, 11) is 0. The van der Waals surface area contributed by atoms with Crippen molar-refractivity contribution < 1.29 is 14.3 Å². The molecule has 0 unspecified atom stereocenters. The molecular formula is C23H29N5O3. The van der Waals surface area contributed by atoms with Crippen LogP contribution in [-0.2, 0) is 9.59 Å². The lowest BCUT2D eigenvalue weighted by atomic mass is 10.2. The van der Waals surface area contributed by atoms with E-state index in [-0.39, 0.29) is 24.3 Å². The van der Waals surface area contributed by atoms with Gasteiger partial charge in [-0.3, -0.25) is 9.59 Å². The highest BCUT2D eigenvalue weighted by Crippen LogP contribution is 2.31. The number of benzene rings is 1. The largest absolute Gasteiger partial charge is 0.482 e. The standard InChI is InChI=1S/C23H29N5O3/c1-16(2)23-24-17(3)14-20(25-23)26-10-12-27(13-11-26)21(29)8-9-28-18-6-4-5-7-19(18)31-15-22(28)30/h4-7,14,16H,8-13,15H2,1-3H3. The molecular weight excluding hydrogens is 394 g/mol. The average molecular weight is 424 g/mol. The first-order chi connectivity index (χ1) is 14.9. The van der Waals surface area contributed by atoms with Crippen LogP contribution >= 0.6 is 0 Å². The molecule has 0 saturated carbocycles. The summed E-state index contributed by atoms with van der Waals surface area (Å²) in [5.74, 6) is 2.69. The van der Waals surface area contributed by atoms with Crippen LogP contribution in [0.5, 0.6) is 5.75 Å². The predicted molar refractivity (Wildman–Crippen MR) is 119 cm³/mol. The first kappa shape index (κ1) is 21.1. The minimum atomic E-state index is -0.114. The van der Waals surface area contributed by atoms with Crippen LogP contribution in [-0.4, -0.2) is 66.0 Å². The van der Waals surface area contributed by atoms with Crippen LogP contribution in [0.1, 0.15) is 37.7 Å². The second kappa shape index (κ2) is 8.91. The first-order valence-corrected chi connectivity index (χ1v) is 10.8. The molecule has 31 heavy (non-hydrogen) atoms. The van der Waals surface area contributed by atoms with Gasteiger partial charge in [-0.1, -0.05) is 26.0 Å². The minimum Gasteiger partial charge on any atom is -0.482 e. The number of para-hydroxylation sites is 2. The number of piperazine rings is 1. The highest BCUT2D eigenvalue weighted by atomic mass is 16.5. The molecule has 164 valence electrons. The molecule has 2 aliphatic rings. The van der Waals surface area contributed by atoms with Crippen molar-refractivity contribution in [3.8, 4) is 5.75 Å².